The van der Waals surface area contributed by atoms with E-state index in [0.717, 1.165) is 18.1 Å². The van der Waals surface area contributed by atoms with Crippen LogP contribution in [0.25, 0.3) is 0 Å². The molecular weight excluding hydrogens is 234 g/mol. The summed E-state index contributed by atoms with van der Waals surface area (Å²) in [5.41, 5.74) is 5.34. The van der Waals surface area contributed by atoms with E-state index < -0.39 is 0 Å². The molecule has 0 aliphatic carbocycles. The maximum Gasteiger partial charge on any atom is 0.105 e. The number of furan rings is 1. The van der Waals surface area contributed by atoms with Crippen molar-refractivity contribution in [2.24, 2.45) is 0 Å². The standard InChI is InChI=1S/C17H23NO/c1-11-7-6-8-16(13(11)3)10-18-14(4)17-9-12(2)19-15(17)5/h6-9,14,18H,10H2,1-5H3. The molecule has 1 aromatic carbocycles. The average Bonchev–Trinajstić information content (AvgIpc) is 2.70. The van der Waals surface area contributed by atoms with Gasteiger partial charge in [-0.15, -0.1) is 0 Å². The molecule has 1 unspecified atom stereocenters. The van der Waals surface area contributed by atoms with Gasteiger partial charge in [-0.3, -0.25) is 0 Å². The van der Waals surface area contributed by atoms with Gasteiger partial charge in [0.25, 0.3) is 0 Å². The first-order valence-corrected chi connectivity index (χ1v) is 6.84. The monoisotopic (exact) mass is 257 g/mol. The maximum atomic E-state index is 5.59. The zero-order chi connectivity index (χ0) is 14.0. The largest absolute Gasteiger partial charge is 0.466 e. The lowest BCUT2D eigenvalue weighted by Crippen LogP contribution is -2.19. The highest BCUT2D eigenvalue weighted by Gasteiger charge is 2.12. The van der Waals surface area contributed by atoms with Crippen molar-refractivity contribution < 1.29 is 4.42 Å². The lowest BCUT2D eigenvalue weighted by Gasteiger charge is -2.15. The Bertz CT molecular complexity index is 569. The highest BCUT2D eigenvalue weighted by atomic mass is 16.3. The van der Waals surface area contributed by atoms with Gasteiger partial charge in [-0.2, -0.15) is 0 Å². The first-order chi connectivity index (χ1) is 8.99. The third-order valence-corrected chi connectivity index (χ3v) is 3.86. The summed E-state index contributed by atoms with van der Waals surface area (Å²) in [6.45, 7) is 11.4. The highest BCUT2D eigenvalue weighted by Crippen LogP contribution is 2.22. The molecule has 0 spiro atoms. The normalized spacial score (nSPS) is 12.7. The Hall–Kier alpha value is -1.54. The quantitative estimate of drug-likeness (QED) is 0.880. The Labute approximate surface area is 115 Å². The van der Waals surface area contributed by atoms with Crippen LogP contribution >= 0.6 is 0 Å². The predicted octanol–water partition coefficient (Wildman–Crippen LogP) is 4.36. The molecule has 0 fully saturated rings. The molecule has 0 radical (unpaired) electrons. The molecular formula is C17H23NO. The molecule has 19 heavy (non-hydrogen) atoms. The summed E-state index contributed by atoms with van der Waals surface area (Å²) in [6, 6.07) is 8.90. The summed E-state index contributed by atoms with van der Waals surface area (Å²) in [7, 11) is 0. The van der Waals surface area contributed by atoms with E-state index in [1.807, 2.05) is 13.8 Å². The fourth-order valence-corrected chi connectivity index (χ4v) is 2.46. The van der Waals surface area contributed by atoms with Gasteiger partial charge in [-0.1, -0.05) is 18.2 Å². The van der Waals surface area contributed by atoms with E-state index in [1.54, 1.807) is 0 Å². The van der Waals surface area contributed by atoms with Crippen LogP contribution in [-0.4, -0.2) is 0 Å². The van der Waals surface area contributed by atoms with Crippen LogP contribution in [0.2, 0.25) is 0 Å². The van der Waals surface area contributed by atoms with Crippen LogP contribution in [0.4, 0.5) is 0 Å². The molecule has 0 saturated carbocycles. The molecule has 2 aromatic rings. The number of hydrogen-bond donors (Lipinski definition) is 1. The van der Waals surface area contributed by atoms with Gasteiger partial charge in [0.2, 0.25) is 0 Å². The Balaban J connectivity index is 2.06. The molecule has 1 aromatic heterocycles. The zero-order valence-corrected chi connectivity index (χ0v) is 12.5. The Kier molecular flexibility index (Phi) is 4.11. The minimum atomic E-state index is 0.303. The van der Waals surface area contributed by atoms with Crippen molar-refractivity contribution in [1.29, 1.82) is 0 Å². The molecule has 1 heterocycles. The van der Waals surface area contributed by atoms with Gasteiger partial charge in [-0.05, 0) is 57.4 Å². The summed E-state index contributed by atoms with van der Waals surface area (Å²) < 4.78 is 5.59. The van der Waals surface area contributed by atoms with E-state index in [-0.39, 0.29) is 0 Å². The van der Waals surface area contributed by atoms with Crippen molar-refractivity contribution >= 4 is 0 Å². The van der Waals surface area contributed by atoms with Crippen molar-refractivity contribution in [2.45, 2.75) is 47.2 Å². The first kappa shape index (κ1) is 13.9. The van der Waals surface area contributed by atoms with Crippen molar-refractivity contribution in [1.82, 2.24) is 5.32 Å². The molecule has 2 rings (SSSR count). The lowest BCUT2D eigenvalue weighted by molar-refractivity contribution is 0.489. The summed E-state index contributed by atoms with van der Waals surface area (Å²) in [5, 5.41) is 3.58. The van der Waals surface area contributed by atoms with E-state index in [0.29, 0.717) is 6.04 Å². The van der Waals surface area contributed by atoms with Crippen LogP contribution < -0.4 is 5.32 Å². The topological polar surface area (TPSA) is 25.2 Å². The summed E-state index contributed by atoms with van der Waals surface area (Å²) in [4.78, 5) is 0. The van der Waals surface area contributed by atoms with Gasteiger partial charge in [0.15, 0.2) is 0 Å². The van der Waals surface area contributed by atoms with E-state index in [9.17, 15) is 0 Å². The molecule has 0 aliphatic heterocycles. The third-order valence-electron chi connectivity index (χ3n) is 3.86. The minimum absolute atomic E-state index is 0.303. The van der Waals surface area contributed by atoms with Crippen molar-refractivity contribution in [3.63, 3.8) is 0 Å². The average molecular weight is 257 g/mol. The molecule has 0 bridgehead atoms. The lowest BCUT2D eigenvalue weighted by atomic mass is 10.0. The number of nitrogens with one attached hydrogen (secondary N) is 1. The van der Waals surface area contributed by atoms with Crippen LogP contribution in [-0.2, 0) is 6.54 Å². The molecule has 2 heteroatoms. The molecule has 1 N–H and O–H groups in total. The van der Waals surface area contributed by atoms with E-state index in [2.05, 4.69) is 50.4 Å². The van der Waals surface area contributed by atoms with Gasteiger partial charge < -0.3 is 9.73 Å². The third kappa shape index (κ3) is 3.07. The van der Waals surface area contributed by atoms with Gasteiger partial charge in [0, 0.05) is 18.2 Å². The maximum absolute atomic E-state index is 5.59. The van der Waals surface area contributed by atoms with Crippen molar-refractivity contribution in [3.8, 4) is 0 Å². The molecule has 0 aliphatic rings. The second-order valence-corrected chi connectivity index (χ2v) is 5.33. The Morgan fingerprint density at radius 2 is 1.89 bits per heavy atom. The fourth-order valence-electron chi connectivity index (χ4n) is 2.46. The fraction of sp³-hybridized carbons (Fsp3) is 0.412. The van der Waals surface area contributed by atoms with Crippen LogP contribution in [0.1, 0.15) is 46.7 Å². The molecule has 1 atom stereocenters. The van der Waals surface area contributed by atoms with Gasteiger partial charge in [0.1, 0.15) is 11.5 Å². The van der Waals surface area contributed by atoms with Gasteiger partial charge in [-0.25, -0.2) is 0 Å². The summed E-state index contributed by atoms with van der Waals surface area (Å²) in [5.74, 6) is 1.99. The van der Waals surface area contributed by atoms with E-state index in [1.165, 1.54) is 22.3 Å². The van der Waals surface area contributed by atoms with Gasteiger partial charge in [0.05, 0.1) is 0 Å². The van der Waals surface area contributed by atoms with Gasteiger partial charge >= 0.3 is 0 Å². The Morgan fingerprint density at radius 1 is 1.16 bits per heavy atom. The molecule has 2 nitrogen and oxygen atoms in total. The Morgan fingerprint density at radius 3 is 2.53 bits per heavy atom. The second kappa shape index (κ2) is 5.62. The number of rotatable bonds is 4. The van der Waals surface area contributed by atoms with Crippen molar-refractivity contribution in [3.05, 3.63) is 58.0 Å². The van der Waals surface area contributed by atoms with Crippen LogP contribution in [0.5, 0.6) is 0 Å². The summed E-state index contributed by atoms with van der Waals surface area (Å²) in [6.07, 6.45) is 0. The number of benzene rings is 1. The second-order valence-electron chi connectivity index (χ2n) is 5.33. The smallest absolute Gasteiger partial charge is 0.105 e. The predicted molar refractivity (Wildman–Crippen MR) is 79.4 cm³/mol. The zero-order valence-electron chi connectivity index (χ0n) is 12.5. The molecule has 102 valence electrons. The highest BCUT2D eigenvalue weighted by molar-refractivity contribution is 5.33. The van der Waals surface area contributed by atoms with Crippen molar-refractivity contribution in [2.75, 3.05) is 0 Å². The molecule has 0 saturated heterocycles. The SMILES string of the molecule is Cc1cc(C(C)NCc2cccc(C)c2C)c(C)o1. The van der Waals surface area contributed by atoms with E-state index >= 15 is 0 Å². The van der Waals surface area contributed by atoms with Crippen LogP contribution in [0, 0.1) is 27.7 Å². The summed E-state index contributed by atoms with van der Waals surface area (Å²) >= 11 is 0. The number of hydrogen-bond acceptors (Lipinski definition) is 2. The number of aryl methyl sites for hydroxylation is 3. The first-order valence-electron chi connectivity index (χ1n) is 6.84. The van der Waals surface area contributed by atoms with Crippen LogP contribution in [0.15, 0.2) is 28.7 Å². The van der Waals surface area contributed by atoms with Crippen LogP contribution in [0.3, 0.4) is 0 Å². The van der Waals surface area contributed by atoms with E-state index in [4.69, 9.17) is 4.42 Å². The minimum Gasteiger partial charge on any atom is -0.466 e. The molecule has 0 amide bonds.